The van der Waals surface area contributed by atoms with Gasteiger partial charge in [-0.3, -0.25) is 0 Å². The number of hydrogen-bond acceptors (Lipinski definition) is 2. The van der Waals surface area contributed by atoms with Crippen LogP contribution in [0.25, 0.3) is 22.3 Å². The minimum atomic E-state index is -2.96. The van der Waals surface area contributed by atoms with Gasteiger partial charge in [-0.05, 0) is 6.92 Å². The first kappa shape index (κ1) is 32.3. The fourth-order valence-electron chi connectivity index (χ4n) is 3.91. The fraction of sp³-hybridized carbons (Fsp3) is 0.0769. The zero-order valence-corrected chi connectivity index (χ0v) is 20.9. The van der Waals surface area contributed by atoms with Crippen LogP contribution >= 0.6 is 0 Å². The van der Waals surface area contributed by atoms with Crippen LogP contribution in [-0.4, -0.2) is 7.11 Å². The van der Waals surface area contributed by atoms with Gasteiger partial charge in [0.05, 0.1) is 29.4 Å². The lowest BCUT2D eigenvalue weighted by atomic mass is 9.99. The molecule has 0 spiro atoms. The first-order valence-corrected chi connectivity index (χ1v) is 11.0. The Morgan fingerprint density at radius 3 is 0.727 bits per heavy atom. The molecule has 0 aromatic heterocycles. The highest BCUT2D eigenvalue weighted by atomic mass is 19.2. The molecule has 0 fully saturated rings. The minimum absolute atomic E-state index is 0.475. The number of ether oxygens (including phenoxy) is 2. The van der Waals surface area contributed by atoms with Crippen LogP contribution in [-0.2, 0) is 0 Å². The van der Waals surface area contributed by atoms with Crippen molar-refractivity contribution in [3.05, 3.63) is 98.6 Å². The van der Waals surface area contributed by atoms with Gasteiger partial charge in [0.15, 0.2) is 63.9 Å². The molecule has 4 rings (SSSR count). The molecule has 0 radical (unpaired) electrons. The van der Waals surface area contributed by atoms with Crippen molar-refractivity contribution in [2.75, 3.05) is 7.11 Å². The summed E-state index contributed by atoms with van der Waals surface area (Å²) in [6, 6.07) is 0. The highest BCUT2D eigenvalue weighted by molar-refractivity contribution is 5.71. The molecular weight excluding hydrogens is 648 g/mol. The van der Waals surface area contributed by atoms with Crippen molar-refractivity contribution in [2.45, 2.75) is 6.92 Å². The van der Waals surface area contributed by atoms with Crippen LogP contribution in [0.3, 0.4) is 0 Å². The van der Waals surface area contributed by atoms with Gasteiger partial charge in [0, 0.05) is 5.56 Å². The second kappa shape index (κ2) is 11.1. The predicted octanol–water partition coefficient (Wildman–Crippen LogP) is 9.36. The van der Waals surface area contributed by atoms with Crippen molar-refractivity contribution in [3.63, 3.8) is 0 Å². The maximum atomic E-state index is 14.8. The number of hydrogen-bond donors (Lipinski definition) is 0. The van der Waals surface area contributed by atoms with Crippen molar-refractivity contribution < 1.29 is 79.7 Å². The molecule has 0 amide bonds. The van der Waals surface area contributed by atoms with Gasteiger partial charge in [-0.25, -0.2) is 43.9 Å². The molecule has 44 heavy (non-hydrogen) atoms. The molecule has 0 saturated heterocycles. The number of halogens is 16. The van der Waals surface area contributed by atoms with E-state index in [0.29, 0.717) is 14.0 Å². The van der Waals surface area contributed by atoms with E-state index in [4.69, 9.17) is 0 Å². The summed E-state index contributed by atoms with van der Waals surface area (Å²) >= 11 is 0. The third kappa shape index (κ3) is 4.45. The van der Waals surface area contributed by atoms with E-state index in [9.17, 15) is 70.2 Å². The Labute approximate surface area is 232 Å². The molecule has 2 nitrogen and oxygen atoms in total. The van der Waals surface area contributed by atoms with Gasteiger partial charge < -0.3 is 9.47 Å². The molecular formula is C26H6F16O2. The van der Waals surface area contributed by atoms with Crippen molar-refractivity contribution in [1.29, 1.82) is 0 Å². The maximum absolute atomic E-state index is 14.8. The van der Waals surface area contributed by atoms with Crippen LogP contribution < -0.4 is 9.47 Å². The lowest BCUT2D eigenvalue weighted by molar-refractivity contribution is 0.324. The van der Waals surface area contributed by atoms with Crippen LogP contribution in [0.15, 0.2) is 0 Å². The van der Waals surface area contributed by atoms with Crippen LogP contribution in [0.2, 0.25) is 0 Å². The van der Waals surface area contributed by atoms with E-state index in [0.717, 1.165) is 0 Å². The monoisotopic (exact) mass is 654 g/mol. The third-order valence-electron chi connectivity index (χ3n) is 6.06. The van der Waals surface area contributed by atoms with E-state index in [1.807, 2.05) is 0 Å². The van der Waals surface area contributed by atoms with Crippen LogP contribution in [0.4, 0.5) is 70.2 Å². The molecule has 18 heteroatoms. The lowest BCUT2D eigenvalue weighted by Crippen LogP contribution is -2.11. The van der Waals surface area contributed by atoms with Crippen LogP contribution in [0, 0.1) is 100.0 Å². The average Bonchev–Trinajstić information content (AvgIpc) is 2.99. The van der Waals surface area contributed by atoms with Crippen molar-refractivity contribution in [3.8, 4) is 39.5 Å². The lowest BCUT2D eigenvalue weighted by Gasteiger charge is -2.17. The second-order valence-electron chi connectivity index (χ2n) is 8.44. The van der Waals surface area contributed by atoms with Gasteiger partial charge in [-0.1, -0.05) is 0 Å². The summed E-state index contributed by atoms with van der Waals surface area (Å²) in [5, 5.41) is 0. The predicted molar refractivity (Wildman–Crippen MR) is 114 cm³/mol. The molecule has 0 aliphatic carbocycles. The topological polar surface area (TPSA) is 18.5 Å². The summed E-state index contributed by atoms with van der Waals surface area (Å²) < 4.78 is 239. The number of benzene rings is 4. The average molecular weight is 654 g/mol. The SMILES string of the molecule is COc1c(F)c(F)c(-c2c(F)c(F)c(Oc3c(F)c(F)c(-c4c(F)c(F)c(C)c(F)c4F)c(F)c3F)c(F)c2F)c(F)c1F. The Morgan fingerprint density at radius 1 is 0.295 bits per heavy atom. The van der Waals surface area contributed by atoms with Gasteiger partial charge in [-0.15, -0.1) is 0 Å². The zero-order valence-electron chi connectivity index (χ0n) is 20.9. The van der Waals surface area contributed by atoms with Crippen molar-refractivity contribution >= 4 is 0 Å². The Kier molecular flexibility index (Phi) is 8.16. The first-order valence-electron chi connectivity index (χ1n) is 11.0. The largest absolute Gasteiger partial charge is 0.491 e. The maximum Gasteiger partial charge on any atom is 0.205 e. The summed E-state index contributed by atoms with van der Waals surface area (Å²) in [5.41, 5.74) is -11.0. The second-order valence-corrected chi connectivity index (χ2v) is 8.44. The molecule has 0 saturated carbocycles. The van der Waals surface area contributed by atoms with E-state index < -0.39 is 138 Å². The van der Waals surface area contributed by atoms with Crippen molar-refractivity contribution in [1.82, 2.24) is 0 Å². The van der Waals surface area contributed by atoms with Crippen LogP contribution in [0.5, 0.6) is 17.2 Å². The molecule has 234 valence electrons. The third-order valence-corrected chi connectivity index (χ3v) is 6.06. The molecule has 4 aromatic rings. The minimum Gasteiger partial charge on any atom is -0.491 e. The highest BCUT2D eigenvalue weighted by Crippen LogP contribution is 2.45. The summed E-state index contributed by atoms with van der Waals surface area (Å²) in [7, 11) is 0.507. The van der Waals surface area contributed by atoms with E-state index >= 15 is 0 Å². The van der Waals surface area contributed by atoms with Crippen LogP contribution in [0.1, 0.15) is 5.56 Å². The van der Waals surface area contributed by atoms with E-state index in [-0.39, 0.29) is 0 Å². The molecule has 0 aliphatic heterocycles. The fourth-order valence-corrected chi connectivity index (χ4v) is 3.91. The zero-order chi connectivity index (χ0) is 33.3. The van der Waals surface area contributed by atoms with Gasteiger partial charge in [0.2, 0.25) is 46.4 Å². The van der Waals surface area contributed by atoms with Gasteiger partial charge >= 0.3 is 0 Å². The van der Waals surface area contributed by atoms with Gasteiger partial charge in [0.25, 0.3) is 0 Å². The normalized spacial score (nSPS) is 11.4. The molecule has 0 heterocycles. The van der Waals surface area contributed by atoms with Gasteiger partial charge in [0.1, 0.15) is 0 Å². The Morgan fingerprint density at radius 2 is 0.500 bits per heavy atom. The summed E-state index contributed by atoms with van der Waals surface area (Å²) in [5.74, 6) is -50.3. The van der Waals surface area contributed by atoms with Gasteiger partial charge in [-0.2, -0.15) is 26.3 Å². The molecule has 0 aliphatic rings. The highest BCUT2D eigenvalue weighted by Gasteiger charge is 2.38. The summed E-state index contributed by atoms with van der Waals surface area (Å²) in [6.07, 6.45) is 0. The first-order chi connectivity index (χ1) is 20.4. The molecule has 0 bridgehead atoms. The summed E-state index contributed by atoms with van der Waals surface area (Å²) in [4.78, 5) is 0. The smallest absolute Gasteiger partial charge is 0.205 e. The Balaban J connectivity index is 1.96. The molecule has 0 atom stereocenters. The van der Waals surface area contributed by atoms with E-state index in [1.165, 1.54) is 0 Å². The molecule has 4 aromatic carbocycles. The summed E-state index contributed by atoms with van der Waals surface area (Å²) in [6.45, 7) is 0.475. The Bertz CT molecular complexity index is 1790. The quantitative estimate of drug-likeness (QED) is 0.158. The number of methoxy groups -OCH3 is 1. The van der Waals surface area contributed by atoms with E-state index in [2.05, 4.69) is 9.47 Å². The standard InChI is InChI=1S/C26H6F16O2/c1-3-8(27)10(29)4(11(30)9(3)28)5-14(33)20(39)25(21(40)15(5)34)44-26-22(41)16(35)7(17(36)23(26)42)6-12(31)18(37)24(43-2)19(38)13(6)32/h1-2H3. The van der Waals surface area contributed by atoms with Crippen molar-refractivity contribution in [2.24, 2.45) is 0 Å². The van der Waals surface area contributed by atoms with E-state index in [1.54, 1.807) is 0 Å². The molecule has 0 N–H and O–H groups in total. The Hall–Kier alpha value is -4.64. The molecule has 0 unspecified atom stereocenters. The number of rotatable bonds is 5.